The third-order valence-electron chi connectivity index (χ3n) is 3.60. The summed E-state index contributed by atoms with van der Waals surface area (Å²) < 4.78 is 13.3. The van der Waals surface area contributed by atoms with Crippen molar-refractivity contribution in [1.82, 2.24) is 9.88 Å². The number of amides is 1. The lowest BCUT2D eigenvalue weighted by atomic mass is 10.1. The Kier molecular flexibility index (Phi) is 7.72. The van der Waals surface area contributed by atoms with E-state index >= 15 is 0 Å². The van der Waals surface area contributed by atoms with Crippen molar-refractivity contribution in [3.05, 3.63) is 56.9 Å². The molecule has 0 radical (unpaired) electrons. The van der Waals surface area contributed by atoms with Crippen LogP contribution in [0.2, 0.25) is 0 Å². The zero-order valence-electron chi connectivity index (χ0n) is 15.0. The van der Waals surface area contributed by atoms with E-state index in [1.165, 1.54) is 10.6 Å². The van der Waals surface area contributed by atoms with E-state index in [0.717, 1.165) is 15.8 Å². The largest absolute Gasteiger partial charge is 0.490 e. The standard InChI is InChI=1S/C19H23BrN2O4/c1-3-25-16-7-5-14(11-17(16)26-4-2)9-10-21-18(23)13-22-12-15(20)6-8-19(22)24/h5-8,11-12H,3-4,9-10,13H2,1-2H3,(H,21,23). The smallest absolute Gasteiger partial charge is 0.251 e. The second-order valence-electron chi connectivity index (χ2n) is 5.56. The van der Waals surface area contributed by atoms with Gasteiger partial charge in [-0.05, 0) is 60.0 Å². The summed E-state index contributed by atoms with van der Waals surface area (Å²) in [5, 5.41) is 2.83. The highest BCUT2D eigenvalue weighted by atomic mass is 79.9. The third-order valence-corrected chi connectivity index (χ3v) is 4.07. The molecule has 6 nitrogen and oxygen atoms in total. The molecule has 0 saturated carbocycles. The molecule has 140 valence electrons. The van der Waals surface area contributed by atoms with Crippen LogP contribution in [0.3, 0.4) is 0 Å². The molecule has 0 unspecified atom stereocenters. The Balaban J connectivity index is 1.90. The molecule has 0 aliphatic rings. The molecule has 2 rings (SSSR count). The Morgan fingerprint density at radius 1 is 1.12 bits per heavy atom. The number of nitrogens with one attached hydrogen (secondary N) is 1. The number of hydrogen-bond donors (Lipinski definition) is 1. The fourth-order valence-electron chi connectivity index (χ4n) is 2.43. The molecule has 1 aromatic heterocycles. The molecule has 0 bridgehead atoms. The van der Waals surface area contributed by atoms with E-state index in [0.29, 0.717) is 31.9 Å². The molecule has 0 atom stereocenters. The van der Waals surface area contributed by atoms with E-state index in [4.69, 9.17) is 9.47 Å². The normalized spacial score (nSPS) is 10.4. The van der Waals surface area contributed by atoms with E-state index in [2.05, 4.69) is 21.2 Å². The monoisotopic (exact) mass is 422 g/mol. The molecule has 0 aliphatic carbocycles. The van der Waals surface area contributed by atoms with Crippen LogP contribution in [-0.4, -0.2) is 30.2 Å². The van der Waals surface area contributed by atoms with E-state index < -0.39 is 0 Å². The number of benzene rings is 1. The number of carbonyl (C=O) groups is 1. The summed E-state index contributed by atoms with van der Waals surface area (Å²) in [4.78, 5) is 23.8. The highest BCUT2D eigenvalue weighted by molar-refractivity contribution is 9.10. The predicted octanol–water partition coefficient (Wildman–Crippen LogP) is 2.77. The molecule has 0 fully saturated rings. The zero-order valence-corrected chi connectivity index (χ0v) is 16.5. The number of aromatic nitrogens is 1. The molecule has 1 amide bonds. The second-order valence-corrected chi connectivity index (χ2v) is 6.48. The summed E-state index contributed by atoms with van der Waals surface area (Å²) in [6, 6.07) is 8.84. The second kappa shape index (κ2) is 10.0. The molecule has 1 heterocycles. The summed E-state index contributed by atoms with van der Waals surface area (Å²) in [7, 11) is 0. The summed E-state index contributed by atoms with van der Waals surface area (Å²) in [5.41, 5.74) is 0.827. The molecule has 1 aromatic carbocycles. The number of rotatable bonds is 9. The van der Waals surface area contributed by atoms with E-state index in [1.54, 1.807) is 12.3 Å². The van der Waals surface area contributed by atoms with Gasteiger partial charge in [0.2, 0.25) is 5.91 Å². The topological polar surface area (TPSA) is 69.6 Å². The molecule has 0 aliphatic heterocycles. The summed E-state index contributed by atoms with van der Waals surface area (Å²) >= 11 is 3.29. The van der Waals surface area contributed by atoms with Crippen LogP contribution in [-0.2, 0) is 17.8 Å². The van der Waals surface area contributed by atoms with Gasteiger partial charge in [-0.25, -0.2) is 0 Å². The first-order valence-electron chi connectivity index (χ1n) is 8.54. The molecule has 7 heteroatoms. The number of hydrogen-bond acceptors (Lipinski definition) is 4. The van der Waals surface area contributed by atoms with Crippen molar-refractivity contribution in [2.75, 3.05) is 19.8 Å². The van der Waals surface area contributed by atoms with Gasteiger partial charge in [-0.15, -0.1) is 0 Å². The quantitative estimate of drug-likeness (QED) is 0.674. The van der Waals surface area contributed by atoms with Crippen molar-refractivity contribution < 1.29 is 14.3 Å². The lowest BCUT2D eigenvalue weighted by Gasteiger charge is -2.13. The van der Waals surface area contributed by atoms with Gasteiger partial charge >= 0.3 is 0 Å². The number of carbonyl (C=O) groups excluding carboxylic acids is 1. The van der Waals surface area contributed by atoms with Gasteiger partial charge in [0.15, 0.2) is 11.5 Å². The van der Waals surface area contributed by atoms with E-state index in [1.807, 2.05) is 32.0 Å². The van der Waals surface area contributed by atoms with Crippen LogP contribution < -0.4 is 20.3 Å². The van der Waals surface area contributed by atoms with Gasteiger partial charge in [0.1, 0.15) is 6.54 Å². The van der Waals surface area contributed by atoms with Crippen LogP contribution >= 0.6 is 15.9 Å². The van der Waals surface area contributed by atoms with Crippen molar-refractivity contribution in [3.8, 4) is 11.5 Å². The number of nitrogens with zero attached hydrogens (tertiary/aromatic N) is 1. The van der Waals surface area contributed by atoms with Crippen LogP contribution in [0.4, 0.5) is 0 Å². The van der Waals surface area contributed by atoms with Gasteiger partial charge in [-0.3, -0.25) is 9.59 Å². The van der Waals surface area contributed by atoms with Crippen LogP contribution in [0, 0.1) is 0 Å². The average Bonchev–Trinajstić information content (AvgIpc) is 2.61. The highest BCUT2D eigenvalue weighted by Crippen LogP contribution is 2.28. The van der Waals surface area contributed by atoms with Crippen molar-refractivity contribution >= 4 is 21.8 Å². The fraction of sp³-hybridized carbons (Fsp3) is 0.368. The number of ether oxygens (including phenoxy) is 2. The molecular formula is C19H23BrN2O4. The zero-order chi connectivity index (χ0) is 18.9. The maximum atomic E-state index is 12.0. The van der Waals surface area contributed by atoms with Crippen molar-refractivity contribution in [2.45, 2.75) is 26.8 Å². The number of halogens is 1. The van der Waals surface area contributed by atoms with E-state index in [9.17, 15) is 9.59 Å². The maximum absolute atomic E-state index is 12.0. The third kappa shape index (κ3) is 5.91. The Morgan fingerprint density at radius 3 is 2.58 bits per heavy atom. The van der Waals surface area contributed by atoms with Crippen molar-refractivity contribution in [2.24, 2.45) is 0 Å². The van der Waals surface area contributed by atoms with Crippen LogP contribution in [0.1, 0.15) is 19.4 Å². The molecule has 2 aromatic rings. The Hall–Kier alpha value is -2.28. The molecule has 0 saturated heterocycles. The highest BCUT2D eigenvalue weighted by Gasteiger charge is 2.08. The fourth-order valence-corrected chi connectivity index (χ4v) is 2.81. The van der Waals surface area contributed by atoms with Gasteiger partial charge in [-0.2, -0.15) is 0 Å². The van der Waals surface area contributed by atoms with Crippen LogP contribution in [0.5, 0.6) is 11.5 Å². The Bertz CT molecular complexity index is 804. The Labute approximate surface area is 161 Å². The molecular weight excluding hydrogens is 400 g/mol. The Morgan fingerprint density at radius 2 is 1.85 bits per heavy atom. The summed E-state index contributed by atoms with van der Waals surface area (Å²) in [6.07, 6.45) is 2.26. The molecule has 0 spiro atoms. The first kappa shape index (κ1) is 20.0. The minimum Gasteiger partial charge on any atom is -0.490 e. The maximum Gasteiger partial charge on any atom is 0.251 e. The van der Waals surface area contributed by atoms with E-state index in [-0.39, 0.29) is 18.0 Å². The minimum atomic E-state index is -0.212. The van der Waals surface area contributed by atoms with Crippen molar-refractivity contribution in [1.29, 1.82) is 0 Å². The molecule has 26 heavy (non-hydrogen) atoms. The lowest BCUT2D eigenvalue weighted by molar-refractivity contribution is -0.121. The van der Waals surface area contributed by atoms with Gasteiger partial charge in [-0.1, -0.05) is 6.07 Å². The van der Waals surface area contributed by atoms with Crippen LogP contribution in [0.15, 0.2) is 45.8 Å². The summed E-state index contributed by atoms with van der Waals surface area (Å²) in [6.45, 7) is 5.45. The minimum absolute atomic E-state index is 0.00819. The van der Waals surface area contributed by atoms with Crippen molar-refractivity contribution in [3.63, 3.8) is 0 Å². The lowest BCUT2D eigenvalue weighted by Crippen LogP contribution is -2.33. The van der Waals surface area contributed by atoms with Gasteiger partial charge in [0.05, 0.1) is 13.2 Å². The first-order valence-corrected chi connectivity index (χ1v) is 9.34. The number of pyridine rings is 1. The SMILES string of the molecule is CCOc1ccc(CCNC(=O)Cn2cc(Br)ccc2=O)cc1OCC. The van der Waals surface area contributed by atoms with Gasteiger partial charge in [0.25, 0.3) is 5.56 Å². The van der Waals surface area contributed by atoms with Gasteiger partial charge < -0.3 is 19.4 Å². The first-order chi connectivity index (χ1) is 12.5. The predicted molar refractivity (Wildman–Crippen MR) is 104 cm³/mol. The average molecular weight is 423 g/mol. The van der Waals surface area contributed by atoms with Gasteiger partial charge in [0, 0.05) is 23.3 Å². The molecule has 1 N–H and O–H groups in total. The summed E-state index contributed by atoms with van der Waals surface area (Å²) in [5.74, 6) is 1.22. The van der Waals surface area contributed by atoms with Crippen LogP contribution in [0.25, 0.3) is 0 Å².